The molecule has 0 aliphatic rings. The van der Waals surface area contributed by atoms with Gasteiger partial charge in [0.25, 0.3) is 5.69 Å². The van der Waals surface area contributed by atoms with E-state index < -0.39 is 38.0 Å². The van der Waals surface area contributed by atoms with Crippen molar-refractivity contribution in [2.24, 2.45) is 7.05 Å². The van der Waals surface area contributed by atoms with Crippen LogP contribution in [0.4, 0.5) is 15.8 Å². The van der Waals surface area contributed by atoms with Crippen molar-refractivity contribution in [3.8, 4) is 0 Å². The van der Waals surface area contributed by atoms with Crippen molar-refractivity contribution in [2.75, 3.05) is 5.32 Å². The number of hydrogen-bond acceptors (Lipinski definition) is 6. The topological polar surface area (TPSA) is 119 Å². The van der Waals surface area contributed by atoms with Crippen LogP contribution in [0, 0.1) is 15.9 Å². The Balaban J connectivity index is 2.08. The molecule has 0 radical (unpaired) electrons. The summed E-state index contributed by atoms with van der Waals surface area (Å²) < 4.78 is 44.0. The van der Waals surface area contributed by atoms with E-state index in [1.807, 2.05) is 0 Å². The van der Waals surface area contributed by atoms with Crippen molar-refractivity contribution in [1.29, 1.82) is 0 Å². The van der Waals surface area contributed by atoms with Gasteiger partial charge in [-0.15, -0.1) is 0 Å². The number of sulfonamides is 1. The first-order valence-corrected chi connectivity index (χ1v) is 11.2. The van der Waals surface area contributed by atoms with Crippen molar-refractivity contribution in [3.05, 3.63) is 82.2 Å². The maximum absolute atomic E-state index is 14.6. The monoisotopic (exact) mass is 461 g/mol. The second-order valence-corrected chi connectivity index (χ2v) is 9.97. The van der Waals surface area contributed by atoms with Gasteiger partial charge < -0.3 is 9.88 Å². The molecule has 1 atom stereocenters. The predicted octanol–water partition coefficient (Wildman–Crippen LogP) is 3.75. The molecule has 0 spiro atoms. The zero-order chi connectivity index (χ0) is 23.7. The van der Waals surface area contributed by atoms with Gasteiger partial charge >= 0.3 is 0 Å². The Bertz CT molecular complexity index is 1250. The van der Waals surface area contributed by atoms with Crippen LogP contribution in [0.3, 0.4) is 0 Å². The van der Waals surface area contributed by atoms with E-state index in [0.717, 1.165) is 6.07 Å². The van der Waals surface area contributed by atoms with Gasteiger partial charge in [0.05, 0.1) is 9.82 Å². The Morgan fingerprint density at radius 2 is 1.88 bits per heavy atom. The van der Waals surface area contributed by atoms with Crippen molar-refractivity contribution in [2.45, 2.75) is 37.2 Å². The van der Waals surface area contributed by atoms with Crippen molar-refractivity contribution >= 4 is 21.4 Å². The normalized spacial score (nSPS) is 13.0. The zero-order valence-corrected chi connectivity index (χ0v) is 18.9. The van der Waals surface area contributed by atoms with Gasteiger partial charge in [-0.3, -0.25) is 10.1 Å². The van der Waals surface area contributed by atoms with Crippen LogP contribution in [0.5, 0.6) is 0 Å². The summed E-state index contributed by atoms with van der Waals surface area (Å²) in [6, 6.07) is 8.72. The number of nitro benzene ring substituents is 1. The lowest BCUT2D eigenvalue weighted by molar-refractivity contribution is -0.384. The molecular formula is C21H24FN5O4S. The van der Waals surface area contributed by atoms with Gasteiger partial charge in [0.1, 0.15) is 23.4 Å². The minimum absolute atomic E-state index is 0.0287. The first kappa shape index (κ1) is 23.4. The van der Waals surface area contributed by atoms with Crippen molar-refractivity contribution < 1.29 is 17.7 Å². The third-order valence-electron chi connectivity index (χ3n) is 4.55. The first-order valence-electron chi connectivity index (χ1n) is 9.69. The maximum atomic E-state index is 14.6. The van der Waals surface area contributed by atoms with E-state index in [0.29, 0.717) is 5.82 Å². The summed E-state index contributed by atoms with van der Waals surface area (Å²) in [7, 11) is -2.26. The van der Waals surface area contributed by atoms with E-state index in [4.69, 9.17) is 0 Å². The average Bonchev–Trinajstić information content (AvgIpc) is 3.10. The Hall–Kier alpha value is -3.31. The van der Waals surface area contributed by atoms with Crippen LogP contribution < -0.4 is 10.0 Å². The molecule has 0 aliphatic carbocycles. The largest absolute Gasteiger partial charge is 0.366 e. The minimum Gasteiger partial charge on any atom is -0.366 e. The molecule has 11 heteroatoms. The zero-order valence-electron chi connectivity index (χ0n) is 18.0. The second kappa shape index (κ2) is 8.67. The van der Waals surface area contributed by atoms with Crippen LogP contribution in [0.1, 0.15) is 38.2 Å². The van der Waals surface area contributed by atoms with Crippen LogP contribution in [0.15, 0.2) is 59.8 Å². The third-order valence-corrected chi connectivity index (χ3v) is 6.31. The lowest BCUT2D eigenvalue weighted by atomic mass is 10.0. The highest BCUT2D eigenvalue weighted by atomic mass is 32.2. The molecule has 0 fully saturated rings. The molecule has 32 heavy (non-hydrogen) atoms. The molecule has 170 valence electrons. The molecule has 1 heterocycles. The number of nitro groups is 1. The molecule has 0 amide bonds. The van der Waals surface area contributed by atoms with Gasteiger partial charge in [0.2, 0.25) is 10.0 Å². The van der Waals surface area contributed by atoms with Crippen molar-refractivity contribution in [1.82, 2.24) is 14.3 Å². The molecule has 0 saturated heterocycles. The Kier molecular flexibility index (Phi) is 6.33. The van der Waals surface area contributed by atoms with Crippen LogP contribution in [0.25, 0.3) is 0 Å². The molecule has 1 aromatic heterocycles. The van der Waals surface area contributed by atoms with Gasteiger partial charge in [0, 0.05) is 36.6 Å². The van der Waals surface area contributed by atoms with Crippen LogP contribution in [-0.4, -0.2) is 28.4 Å². The van der Waals surface area contributed by atoms with E-state index in [1.54, 1.807) is 56.8 Å². The molecule has 1 unspecified atom stereocenters. The Morgan fingerprint density at radius 3 is 2.44 bits per heavy atom. The molecular weight excluding hydrogens is 437 g/mol. The van der Waals surface area contributed by atoms with E-state index in [9.17, 15) is 22.9 Å². The lowest BCUT2D eigenvalue weighted by Gasteiger charge is -2.22. The number of aryl methyl sites for hydroxylation is 1. The highest BCUT2D eigenvalue weighted by Gasteiger charge is 2.28. The standard InChI is InChI=1S/C21H24FN5O4S/c1-21(2,3)25-32(30,31)14-9-10-17(18(13-14)27(28)29)24-19(20-23-11-12-26(20)4)15-7-5-6-8-16(15)22/h5-13,19,24-25H,1-4H3. The summed E-state index contributed by atoms with van der Waals surface area (Å²) in [5.74, 6) is -0.0836. The van der Waals surface area contributed by atoms with E-state index in [2.05, 4.69) is 15.0 Å². The fourth-order valence-corrected chi connectivity index (χ4v) is 4.65. The number of rotatable bonds is 7. The number of imidazole rings is 1. The smallest absolute Gasteiger partial charge is 0.293 e. The molecule has 0 saturated carbocycles. The lowest BCUT2D eigenvalue weighted by Crippen LogP contribution is -2.40. The highest BCUT2D eigenvalue weighted by Crippen LogP contribution is 2.34. The molecule has 2 aromatic carbocycles. The predicted molar refractivity (Wildman–Crippen MR) is 118 cm³/mol. The fourth-order valence-electron chi connectivity index (χ4n) is 3.22. The quantitative estimate of drug-likeness (QED) is 0.409. The number of halogens is 1. The molecule has 0 bridgehead atoms. The summed E-state index contributed by atoms with van der Waals surface area (Å²) in [6.45, 7) is 5.00. The molecule has 2 N–H and O–H groups in total. The number of benzene rings is 2. The Labute approximate surface area is 185 Å². The van der Waals surface area contributed by atoms with Crippen LogP contribution in [-0.2, 0) is 17.1 Å². The summed E-state index contributed by atoms with van der Waals surface area (Å²) in [5.41, 5.74) is -0.959. The number of anilines is 1. The second-order valence-electron chi connectivity index (χ2n) is 8.29. The van der Waals surface area contributed by atoms with E-state index in [-0.39, 0.29) is 16.1 Å². The van der Waals surface area contributed by atoms with Gasteiger partial charge in [-0.1, -0.05) is 18.2 Å². The molecule has 9 nitrogen and oxygen atoms in total. The number of nitrogens with zero attached hydrogens (tertiary/aromatic N) is 3. The third kappa shape index (κ3) is 5.11. The average molecular weight is 462 g/mol. The fraction of sp³-hybridized carbons (Fsp3) is 0.286. The van der Waals surface area contributed by atoms with Crippen LogP contribution >= 0.6 is 0 Å². The van der Waals surface area contributed by atoms with Gasteiger partial charge in [0.15, 0.2) is 0 Å². The maximum Gasteiger partial charge on any atom is 0.293 e. The van der Waals surface area contributed by atoms with Gasteiger partial charge in [-0.2, -0.15) is 0 Å². The minimum atomic E-state index is -3.99. The molecule has 3 rings (SSSR count). The van der Waals surface area contributed by atoms with E-state index in [1.165, 1.54) is 24.4 Å². The van der Waals surface area contributed by atoms with Gasteiger partial charge in [-0.25, -0.2) is 22.5 Å². The van der Waals surface area contributed by atoms with Gasteiger partial charge in [-0.05, 0) is 39.0 Å². The van der Waals surface area contributed by atoms with E-state index >= 15 is 0 Å². The molecule has 0 aliphatic heterocycles. The van der Waals surface area contributed by atoms with Crippen molar-refractivity contribution in [3.63, 3.8) is 0 Å². The Morgan fingerprint density at radius 1 is 1.19 bits per heavy atom. The number of nitrogens with one attached hydrogen (secondary N) is 2. The highest BCUT2D eigenvalue weighted by molar-refractivity contribution is 7.89. The first-order chi connectivity index (χ1) is 14.9. The summed E-state index contributed by atoms with van der Waals surface area (Å²) in [6.07, 6.45) is 3.21. The summed E-state index contributed by atoms with van der Waals surface area (Å²) >= 11 is 0. The number of aromatic nitrogens is 2. The van der Waals surface area contributed by atoms with Crippen LogP contribution in [0.2, 0.25) is 0 Å². The SMILES string of the molecule is Cn1ccnc1C(Nc1ccc(S(=O)(=O)NC(C)(C)C)cc1[N+](=O)[O-])c1ccccc1F. The summed E-state index contributed by atoms with van der Waals surface area (Å²) in [5, 5.41) is 14.8. The summed E-state index contributed by atoms with van der Waals surface area (Å²) in [4.78, 5) is 15.1. The molecule has 3 aromatic rings. The number of hydrogen-bond donors (Lipinski definition) is 2.